The van der Waals surface area contributed by atoms with Crippen molar-refractivity contribution in [2.24, 2.45) is 5.92 Å². The second-order valence-electron chi connectivity index (χ2n) is 8.02. The molecule has 0 radical (unpaired) electrons. The van der Waals surface area contributed by atoms with Crippen LogP contribution in [-0.4, -0.2) is 15.8 Å². The Morgan fingerprint density at radius 2 is 1.91 bits per heavy atom. The Hall–Kier alpha value is -1.12. The Morgan fingerprint density at radius 3 is 2.55 bits per heavy atom. The minimum atomic E-state index is -0.806. The van der Waals surface area contributed by atoms with Crippen LogP contribution in [0.15, 0.2) is 30.4 Å². The number of fused-ring (bicyclic) bond motifs is 3. The zero-order valence-corrected chi connectivity index (χ0v) is 14.2. The molecule has 2 N–H and O–H groups in total. The number of rotatable bonds is 1. The maximum Gasteiger partial charge on any atom is 0.0829 e. The van der Waals surface area contributed by atoms with Crippen LogP contribution >= 0.6 is 0 Å². The number of hydrogen-bond donors (Lipinski definition) is 2. The number of aliphatic hydroxyl groups excluding tert-OH is 1. The highest BCUT2D eigenvalue weighted by atomic mass is 16.3. The first kappa shape index (κ1) is 15.8. The van der Waals surface area contributed by atoms with E-state index < -0.39 is 11.7 Å². The molecule has 0 saturated heterocycles. The smallest absolute Gasteiger partial charge is 0.0829 e. The summed E-state index contributed by atoms with van der Waals surface area (Å²) in [5.41, 5.74) is 3.67. The molecule has 1 aromatic carbocycles. The van der Waals surface area contributed by atoms with Gasteiger partial charge in [0.2, 0.25) is 0 Å². The average molecular weight is 300 g/mol. The highest BCUT2D eigenvalue weighted by Gasteiger charge is 2.51. The third-order valence-corrected chi connectivity index (χ3v) is 6.19. The van der Waals surface area contributed by atoms with Gasteiger partial charge in [-0.05, 0) is 65.7 Å². The molecule has 2 aliphatic rings. The Kier molecular flexibility index (Phi) is 3.54. The van der Waals surface area contributed by atoms with E-state index in [0.29, 0.717) is 12.3 Å². The molecule has 120 valence electrons. The molecule has 0 spiro atoms. The predicted octanol–water partition coefficient (Wildman–Crippen LogP) is 4.22. The Bertz CT molecular complexity index is 614. The topological polar surface area (TPSA) is 40.5 Å². The molecule has 2 heteroatoms. The van der Waals surface area contributed by atoms with Crippen LogP contribution in [0, 0.1) is 5.92 Å². The lowest BCUT2D eigenvalue weighted by atomic mass is 9.53. The molecular formula is C20H28O2. The molecule has 1 fully saturated rings. The van der Waals surface area contributed by atoms with Crippen molar-refractivity contribution >= 4 is 0 Å². The highest BCUT2D eigenvalue weighted by molar-refractivity contribution is 5.46. The largest absolute Gasteiger partial charge is 0.388 e. The maximum atomic E-state index is 10.7. The number of aliphatic hydroxyl groups is 2. The normalized spacial score (nSPS) is 37.9. The highest BCUT2D eigenvalue weighted by Crippen LogP contribution is 2.56. The van der Waals surface area contributed by atoms with E-state index in [-0.39, 0.29) is 11.3 Å². The van der Waals surface area contributed by atoms with Gasteiger partial charge in [0.1, 0.15) is 0 Å². The van der Waals surface area contributed by atoms with E-state index in [4.69, 9.17) is 0 Å². The van der Waals surface area contributed by atoms with Crippen molar-refractivity contribution in [3.05, 3.63) is 47.0 Å². The molecule has 1 saturated carbocycles. The van der Waals surface area contributed by atoms with Gasteiger partial charge in [-0.1, -0.05) is 45.5 Å². The van der Waals surface area contributed by atoms with E-state index in [2.05, 4.69) is 45.5 Å². The SMILES string of the molecule is C=C1C2CC(O)c3cc(C(C)C)ccc3C2(C)CCC1(C)O. The van der Waals surface area contributed by atoms with Crippen LogP contribution < -0.4 is 0 Å². The van der Waals surface area contributed by atoms with Crippen molar-refractivity contribution in [2.45, 2.75) is 70.0 Å². The standard InChI is InChI=1S/C20H28O2/c1-12(2)14-6-7-16-15(10-14)18(21)11-17-13(3)20(5,22)9-8-19(16,17)4/h6-7,10,12,17-18,21-22H,3,8-9,11H2,1-2,4-5H3. The molecule has 3 rings (SSSR count). The van der Waals surface area contributed by atoms with E-state index in [9.17, 15) is 10.2 Å². The Morgan fingerprint density at radius 1 is 1.23 bits per heavy atom. The lowest BCUT2D eigenvalue weighted by molar-refractivity contribution is 0.00746. The van der Waals surface area contributed by atoms with Crippen molar-refractivity contribution < 1.29 is 10.2 Å². The first-order chi connectivity index (χ1) is 10.2. The summed E-state index contributed by atoms with van der Waals surface area (Å²) in [7, 11) is 0. The number of benzene rings is 1. The summed E-state index contributed by atoms with van der Waals surface area (Å²) < 4.78 is 0. The molecule has 0 aromatic heterocycles. The van der Waals surface area contributed by atoms with Gasteiger partial charge in [0, 0.05) is 0 Å². The lowest BCUT2D eigenvalue weighted by Crippen LogP contribution is -2.49. The summed E-state index contributed by atoms with van der Waals surface area (Å²) in [6.07, 6.45) is 1.88. The third kappa shape index (κ3) is 2.16. The maximum absolute atomic E-state index is 10.7. The van der Waals surface area contributed by atoms with Gasteiger partial charge in [-0.3, -0.25) is 0 Å². The van der Waals surface area contributed by atoms with Gasteiger partial charge in [-0.2, -0.15) is 0 Å². The van der Waals surface area contributed by atoms with Crippen LogP contribution in [-0.2, 0) is 5.41 Å². The minimum Gasteiger partial charge on any atom is -0.388 e. The fraction of sp³-hybridized carbons (Fsp3) is 0.600. The third-order valence-electron chi connectivity index (χ3n) is 6.19. The van der Waals surface area contributed by atoms with Gasteiger partial charge in [0.15, 0.2) is 0 Å². The van der Waals surface area contributed by atoms with E-state index in [1.165, 1.54) is 11.1 Å². The fourth-order valence-electron chi connectivity index (χ4n) is 4.41. The molecule has 0 heterocycles. The van der Waals surface area contributed by atoms with Gasteiger partial charge < -0.3 is 10.2 Å². The summed E-state index contributed by atoms with van der Waals surface area (Å²) in [5, 5.41) is 21.3. The molecule has 2 nitrogen and oxygen atoms in total. The molecule has 2 aliphatic carbocycles. The van der Waals surface area contributed by atoms with Crippen molar-refractivity contribution in [2.75, 3.05) is 0 Å². The van der Waals surface area contributed by atoms with E-state index in [1.807, 2.05) is 6.92 Å². The fourth-order valence-corrected chi connectivity index (χ4v) is 4.41. The molecule has 0 aliphatic heterocycles. The summed E-state index contributed by atoms with van der Waals surface area (Å²) in [5.74, 6) is 0.605. The van der Waals surface area contributed by atoms with Crippen molar-refractivity contribution in [1.82, 2.24) is 0 Å². The van der Waals surface area contributed by atoms with Crippen molar-refractivity contribution in [3.63, 3.8) is 0 Å². The second kappa shape index (κ2) is 4.94. The van der Waals surface area contributed by atoms with Gasteiger partial charge >= 0.3 is 0 Å². The van der Waals surface area contributed by atoms with Crippen molar-refractivity contribution in [3.8, 4) is 0 Å². The van der Waals surface area contributed by atoms with E-state index >= 15 is 0 Å². The monoisotopic (exact) mass is 300 g/mol. The molecule has 22 heavy (non-hydrogen) atoms. The molecule has 0 amide bonds. The van der Waals surface area contributed by atoms with Gasteiger partial charge in [-0.25, -0.2) is 0 Å². The quantitative estimate of drug-likeness (QED) is 0.762. The molecule has 4 atom stereocenters. The van der Waals surface area contributed by atoms with Crippen LogP contribution in [0.5, 0.6) is 0 Å². The molecule has 4 unspecified atom stereocenters. The average Bonchev–Trinajstić information content (AvgIpc) is 2.46. The zero-order valence-electron chi connectivity index (χ0n) is 14.2. The van der Waals surface area contributed by atoms with Crippen molar-refractivity contribution in [1.29, 1.82) is 0 Å². The summed E-state index contributed by atoms with van der Waals surface area (Å²) in [6, 6.07) is 6.58. The van der Waals surface area contributed by atoms with E-state index in [0.717, 1.165) is 24.0 Å². The first-order valence-electron chi connectivity index (χ1n) is 8.41. The second-order valence-corrected chi connectivity index (χ2v) is 8.02. The van der Waals surface area contributed by atoms with Gasteiger partial charge in [0.25, 0.3) is 0 Å². The van der Waals surface area contributed by atoms with Crippen LogP contribution in [0.1, 0.15) is 75.7 Å². The Balaban J connectivity index is 2.11. The zero-order chi connectivity index (χ0) is 16.3. The van der Waals surface area contributed by atoms with Crippen LogP contribution in [0.3, 0.4) is 0 Å². The summed E-state index contributed by atoms with van der Waals surface area (Å²) in [6.45, 7) is 12.7. The first-order valence-corrected chi connectivity index (χ1v) is 8.41. The molecule has 1 aromatic rings. The summed E-state index contributed by atoms with van der Waals surface area (Å²) in [4.78, 5) is 0. The molecular weight excluding hydrogens is 272 g/mol. The van der Waals surface area contributed by atoms with Crippen LogP contribution in [0.4, 0.5) is 0 Å². The van der Waals surface area contributed by atoms with Gasteiger partial charge in [-0.15, -0.1) is 0 Å². The minimum absolute atomic E-state index is 0.0244. The number of hydrogen-bond acceptors (Lipinski definition) is 2. The molecule has 0 bridgehead atoms. The van der Waals surface area contributed by atoms with Crippen LogP contribution in [0.25, 0.3) is 0 Å². The lowest BCUT2D eigenvalue weighted by Gasteiger charge is -2.53. The predicted molar refractivity (Wildman–Crippen MR) is 89.9 cm³/mol. The summed E-state index contributed by atoms with van der Waals surface area (Å²) >= 11 is 0. The van der Waals surface area contributed by atoms with Crippen LogP contribution in [0.2, 0.25) is 0 Å². The van der Waals surface area contributed by atoms with Gasteiger partial charge in [0.05, 0.1) is 11.7 Å². The Labute approximate surface area is 133 Å². The van der Waals surface area contributed by atoms with E-state index in [1.54, 1.807) is 0 Å².